The average molecular weight is 270 g/mol. The van der Waals surface area contributed by atoms with Gasteiger partial charge in [0.2, 0.25) is 0 Å². The summed E-state index contributed by atoms with van der Waals surface area (Å²) in [6, 6.07) is 2.19. The number of halogens is 1. The molecule has 18 heavy (non-hydrogen) atoms. The van der Waals surface area contributed by atoms with Crippen LogP contribution < -0.4 is 5.32 Å². The molecule has 5 heteroatoms. The van der Waals surface area contributed by atoms with Crippen molar-refractivity contribution >= 4 is 17.4 Å². The summed E-state index contributed by atoms with van der Waals surface area (Å²) in [6.45, 7) is 7.02. The van der Waals surface area contributed by atoms with Crippen LogP contribution in [-0.2, 0) is 4.74 Å². The first kappa shape index (κ1) is 13.6. The van der Waals surface area contributed by atoms with Gasteiger partial charge in [-0.3, -0.25) is 0 Å². The van der Waals surface area contributed by atoms with Crippen molar-refractivity contribution < 1.29 is 4.74 Å². The predicted molar refractivity (Wildman–Crippen MR) is 73.2 cm³/mol. The molecule has 1 saturated heterocycles. The molecular formula is C13H20ClN3O. The second-order valence-electron chi connectivity index (χ2n) is 5.14. The number of hydrogen-bond acceptors (Lipinski definition) is 4. The third-order valence-electron chi connectivity index (χ3n) is 3.07. The standard InChI is InChI=1S/C13H20ClN3O/c1-8(2)13-16-11(14)7-12(17-13)15-10-4-5-18-9(3)6-10/h7-10H,4-6H2,1-3H3,(H,15,16,17). The monoisotopic (exact) mass is 269 g/mol. The van der Waals surface area contributed by atoms with Crippen LogP contribution in [-0.4, -0.2) is 28.7 Å². The molecular weight excluding hydrogens is 250 g/mol. The first-order valence-electron chi connectivity index (χ1n) is 6.47. The van der Waals surface area contributed by atoms with Crippen LogP contribution in [0.4, 0.5) is 5.82 Å². The van der Waals surface area contributed by atoms with Crippen molar-refractivity contribution in [1.82, 2.24) is 9.97 Å². The molecule has 2 rings (SSSR count). The molecule has 2 atom stereocenters. The van der Waals surface area contributed by atoms with Crippen molar-refractivity contribution in [2.24, 2.45) is 0 Å². The van der Waals surface area contributed by atoms with Gasteiger partial charge < -0.3 is 10.1 Å². The minimum atomic E-state index is 0.276. The topological polar surface area (TPSA) is 47.0 Å². The van der Waals surface area contributed by atoms with Crippen LogP contribution in [0.5, 0.6) is 0 Å². The van der Waals surface area contributed by atoms with Gasteiger partial charge in [0, 0.05) is 24.6 Å². The van der Waals surface area contributed by atoms with Crippen LogP contribution in [0.3, 0.4) is 0 Å². The first-order valence-corrected chi connectivity index (χ1v) is 6.85. The fraction of sp³-hybridized carbons (Fsp3) is 0.692. The summed E-state index contributed by atoms with van der Waals surface area (Å²) in [5.74, 6) is 1.88. The largest absolute Gasteiger partial charge is 0.378 e. The molecule has 1 aliphatic heterocycles. The third kappa shape index (κ3) is 3.56. The summed E-state index contributed by atoms with van der Waals surface area (Å²) in [6.07, 6.45) is 2.31. The van der Waals surface area contributed by atoms with E-state index >= 15 is 0 Å². The molecule has 0 bridgehead atoms. The Morgan fingerprint density at radius 3 is 2.89 bits per heavy atom. The number of aromatic nitrogens is 2. The predicted octanol–water partition coefficient (Wildman–Crippen LogP) is 3.23. The summed E-state index contributed by atoms with van der Waals surface area (Å²) in [4.78, 5) is 8.74. The molecule has 0 aromatic carbocycles. The van der Waals surface area contributed by atoms with E-state index in [1.165, 1.54) is 0 Å². The van der Waals surface area contributed by atoms with E-state index in [4.69, 9.17) is 16.3 Å². The molecule has 1 aliphatic rings. The van der Waals surface area contributed by atoms with E-state index in [-0.39, 0.29) is 5.92 Å². The SMILES string of the molecule is CC1CC(Nc2cc(Cl)nc(C(C)C)n2)CCO1. The lowest BCUT2D eigenvalue weighted by atomic mass is 10.0. The minimum Gasteiger partial charge on any atom is -0.378 e. The molecule has 0 aliphatic carbocycles. The van der Waals surface area contributed by atoms with Crippen molar-refractivity contribution in [3.8, 4) is 0 Å². The van der Waals surface area contributed by atoms with Crippen LogP contribution in [0.25, 0.3) is 0 Å². The fourth-order valence-electron chi connectivity index (χ4n) is 2.11. The summed E-state index contributed by atoms with van der Waals surface area (Å²) >= 11 is 6.02. The van der Waals surface area contributed by atoms with Gasteiger partial charge in [0.25, 0.3) is 0 Å². The number of ether oxygens (including phenoxy) is 1. The molecule has 2 heterocycles. The maximum atomic E-state index is 6.02. The van der Waals surface area contributed by atoms with E-state index in [2.05, 4.69) is 36.1 Å². The summed E-state index contributed by atoms with van der Waals surface area (Å²) < 4.78 is 5.53. The summed E-state index contributed by atoms with van der Waals surface area (Å²) in [7, 11) is 0. The highest BCUT2D eigenvalue weighted by Crippen LogP contribution is 2.21. The fourth-order valence-corrected chi connectivity index (χ4v) is 2.30. The van der Waals surface area contributed by atoms with Gasteiger partial charge in [-0.1, -0.05) is 25.4 Å². The van der Waals surface area contributed by atoms with Crippen molar-refractivity contribution in [3.05, 3.63) is 17.0 Å². The van der Waals surface area contributed by atoms with E-state index in [0.717, 1.165) is 31.1 Å². The maximum Gasteiger partial charge on any atom is 0.135 e. The Hall–Kier alpha value is -0.870. The molecule has 0 spiro atoms. The van der Waals surface area contributed by atoms with Crippen molar-refractivity contribution in [1.29, 1.82) is 0 Å². The second kappa shape index (κ2) is 5.85. The van der Waals surface area contributed by atoms with Gasteiger partial charge in [-0.15, -0.1) is 0 Å². The molecule has 1 aromatic rings. The first-order chi connectivity index (χ1) is 8.54. The molecule has 1 fully saturated rings. The third-order valence-corrected chi connectivity index (χ3v) is 3.26. The van der Waals surface area contributed by atoms with E-state index in [1.807, 2.05) is 0 Å². The number of nitrogens with zero attached hydrogens (tertiary/aromatic N) is 2. The molecule has 1 N–H and O–H groups in total. The minimum absolute atomic E-state index is 0.276. The quantitative estimate of drug-likeness (QED) is 0.856. The smallest absolute Gasteiger partial charge is 0.135 e. The Kier molecular flexibility index (Phi) is 4.40. The molecule has 2 unspecified atom stereocenters. The maximum absolute atomic E-state index is 6.02. The molecule has 100 valence electrons. The van der Waals surface area contributed by atoms with Gasteiger partial charge in [0.1, 0.15) is 16.8 Å². The summed E-state index contributed by atoms with van der Waals surface area (Å²) in [5, 5.41) is 3.93. The van der Waals surface area contributed by atoms with Crippen LogP contribution in [0.2, 0.25) is 5.15 Å². The van der Waals surface area contributed by atoms with Gasteiger partial charge in [0.15, 0.2) is 0 Å². The highest BCUT2D eigenvalue weighted by Gasteiger charge is 2.20. The highest BCUT2D eigenvalue weighted by molar-refractivity contribution is 6.29. The zero-order valence-corrected chi connectivity index (χ0v) is 11.9. The zero-order valence-electron chi connectivity index (χ0n) is 11.1. The van der Waals surface area contributed by atoms with Crippen LogP contribution in [0.15, 0.2) is 6.07 Å². The Balaban J connectivity index is 2.08. The molecule has 0 saturated carbocycles. The molecule has 4 nitrogen and oxygen atoms in total. The van der Waals surface area contributed by atoms with Crippen molar-refractivity contribution in [3.63, 3.8) is 0 Å². The lowest BCUT2D eigenvalue weighted by Gasteiger charge is -2.28. The normalized spacial score (nSPS) is 24.3. The van der Waals surface area contributed by atoms with Crippen LogP contribution >= 0.6 is 11.6 Å². The number of anilines is 1. The molecule has 1 aromatic heterocycles. The van der Waals surface area contributed by atoms with Gasteiger partial charge in [-0.2, -0.15) is 0 Å². The highest BCUT2D eigenvalue weighted by atomic mass is 35.5. The Morgan fingerprint density at radius 2 is 2.22 bits per heavy atom. The second-order valence-corrected chi connectivity index (χ2v) is 5.52. The average Bonchev–Trinajstić information content (AvgIpc) is 2.28. The lowest BCUT2D eigenvalue weighted by Crippen LogP contribution is -2.32. The van der Waals surface area contributed by atoms with Gasteiger partial charge in [-0.25, -0.2) is 9.97 Å². The van der Waals surface area contributed by atoms with E-state index in [0.29, 0.717) is 17.3 Å². The van der Waals surface area contributed by atoms with Gasteiger partial charge in [-0.05, 0) is 19.8 Å². The molecule has 0 amide bonds. The van der Waals surface area contributed by atoms with Gasteiger partial charge >= 0.3 is 0 Å². The number of rotatable bonds is 3. The van der Waals surface area contributed by atoms with E-state index in [9.17, 15) is 0 Å². The van der Waals surface area contributed by atoms with E-state index < -0.39 is 0 Å². The van der Waals surface area contributed by atoms with Gasteiger partial charge in [0.05, 0.1) is 6.10 Å². The van der Waals surface area contributed by atoms with E-state index in [1.54, 1.807) is 6.07 Å². The Labute approximate surface area is 113 Å². The number of nitrogens with one attached hydrogen (secondary N) is 1. The molecule has 0 radical (unpaired) electrons. The van der Waals surface area contributed by atoms with Crippen LogP contribution in [0.1, 0.15) is 45.4 Å². The summed E-state index contributed by atoms with van der Waals surface area (Å²) in [5.41, 5.74) is 0. The van der Waals surface area contributed by atoms with Crippen molar-refractivity contribution in [2.75, 3.05) is 11.9 Å². The number of hydrogen-bond donors (Lipinski definition) is 1. The Bertz CT molecular complexity index is 411. The van der Waals surface area contributed by atoms with Crippen LogP contribution in [0, 0.1) is 0 Å². The van der Waals surface area contributed by atoms with Crippen molar-refractivity contribution in [2.45, 2.75) is 51.7 Å². The zero-order chi connectivity index (χ0) is 13.1. The lowest BCUT2D eigenvalue weighted by molar-refractivity contribution is 0.0232. The Morgan fingerprint density at radius 1 is 1.44 bits per heavy atom.